The van der Waals surface area contributed by atoms with E-state index in [9.17, 15) is 27.6 Å². The Bertz CT molecular complexity index is 1840. The third kappa shape index (κ3) is 6.03. The molecule has 258 valence electrons. The van der Waals surface area contributed by atoms with Crippen LogP contribution in [0.4, 0.5) is 29.1 Å². The van der Waals surface area contributed by atoms with Crippen LogP contribution in [0.15, 0.2) is 42.7 Å². The molecule has 49 heavy (non-hydrogen) atoms. The Morgan fingerprint density at radius 1 is 1.14 bits per heavy atom. The van der Waals surface area contributed by atoms with Crippen LogP contribution in [0.5, 0.6) is 6.01 Å². The average molecular weight is 698 g/mol. The van der Waals surface area contributed by atoms with Crippen LogP contribution in [0.2, 0.25) is 5.02 Å². The van der Waals surface area contributed by atoms with E-state index in [1.807, 2.05) is 28.0 Å². The number of nitriles is 1. The molecule has 2 unspecified atom stereocenters. The van der Waals surface area contributed by atoms with Crippen LogP contribution >= 0.6 is 11.6 Å². The molecule has 0 aliphatic carbocycles. The van der Waals surface area contributed by atoms with Gasteiger partial charge in [0.1, 0.15) is 18.2 Å². The molecule has 3 aromatic rings. The van der Waals surface area contributed by atoms with Gasteiger partial charge in [-0.3, -0.25) is 9.69 Å². The number of nitrogens with zero attached hydrogens (tertiary/aromatic N) is 7. The van der Waals surface area contributed by atoms with Crippen LogP contribution in [0.3, 0.4) is 0 Å². The van der Waals surface area contributed by atoms with Crippen molar-refractivity contribution in [2.24, 2.45) is 0 Å². The Kier molecular flexibility index (Phi) is 9.04. The number of benzene rings is 2. The van der Waals surface area contributed by atoms with Gasteiger partial charge in [-0.2, -0.15) is 15.2 Å². The second-order valence-electron chi connectivity index (χ2n) is 13.3. The summed E-state index contributed by atoms with van der Waals surface area (Å²) < 4.78 is 62.6. The van der Waals surface area contributed by atoms with Crippen molar-refractivity contribution in [3.8, 4) is 12.1 Å². The maximum absolute atomic E-state index is 14.6. The number of halogens is 5. The minimum atomic E-state index is -2.44. The first kappa shape index (κ1) is 33.4. The standard InChI is InChI=1S/C35H36ClF4N7O2/c1-21(37)33(48)46-17-16-45(18-23(46)9-13-41)32-24-10-15-44(27-5-2-4-22-6-7-25(38)30(36)29(22)27)19-26(24)42-34(43-32)49-20-35-11-3-14-47(35)28(8-12-35)31(39)40/h2,4-7,23,28,31H,1,3,8-12,14-20H2/t23-,28?,35?/m0/s1. The zero-order valence-corrected chi connectivity index (χ0v) is 27.6. The summed E-state index contributed by atoms with van der Waals surface area (Å²) in [5.74, 6) is -1.84. The number of carbonyl (C=O) groups is 1. The normalized spacial score (nSPS) is 23.9. The number of aromatic nitrogens is 2. The number of hydrogen-bond acceptors (Lipinski definition) is 8. The van der Waals surface area contributed by atoms with Gasteiger partial charge in [0.05, 0.1) is 47.4 Å². The Hall–Kier alpha value is -4.15. The molecule has 0 bridgehead atoms. The zero-order valence-electron chi connectivity index (χ0n) is 26.9. The number of rotatable bonds is 8. The summed E-state index contributed by atoms with van der Waals surface area (Å²) >= 11 is 6.49. The van der Waals surface area contributed by atoms with Crippen molar-refractivity contribution in [2.75, 3.05) is 49.1 Å². The fourth-order valence-electron chi connectivity index (χ4n) is 8.23. The molecule has 0 spiro atoms. The third-order valence-electron chi connectivity index (χ3n) is 10.6. The minimum Gasteiger partial charge on any atom is -0.461 e. The number of alkyl halides is 2. The van der Waals surface area contributed by atoms with Crippen LogP contribution in [0.25, 0.3) is 10.8 Å². The van der Waals surface area contributed by atoms with Gasteiger partial charge >= 0.3 is 6.01 Å². The number of hydrogen-bond donors (Lipinski definition) is 0. The lowest BCUT2D eigenvalue weighted by Gasteiger charge is -2.42. The van der Waals surface area contributed by atoms with Crippen LogP contribution in [0.1, 0.15) is 43.4 Å². The molecular weight excluding hydrogens is 662 g/mol. The van der Waals surface area contributed by atoms with E-state index in [0.717, 1.165) is 29.5 Å². The topological polar surface area (TPSA) is 88.8 Å². The summed E-state index contributed by atoms with van der Waals surface area (Å²) in [5, 5.41) is 11.0. The molecule has 2 aromatic carbocycles. The summed E-state index contributed by atoms with van der Waals surface area (Å²) in [7, 11) is 0. The average Bonchev–Trinajstić information content (AvgIpc) is 3.67. The minimum absolute atomic E-state index is 0.0119. The quantitative estimate of drug-likeness (QED) is 0.208. The SMILES string of the molecule is C=C(F)C(=O)N1CCN(c2nc(OCC34CCCN3C(C(F)F)CC4)nc3c2CCN(c2cccc4ccc(F)c(Cl)c24)C3)C[C@@H]1CC#N. The zero-order chi connectivity index (χ0) is 34.4. The van der Waals surface area contributed by atoms with Crippen molar-refractivity contribution >= 4 is 39.8 Å². The molecule has 7 rings (SSSR count). The monoisotopic (exact) mass is 697 g/mol. The number of piperazine rings is 1. The highest BCUT2D eigenvalue weighted by atomic mass is 35.5. The van der Waals surface area contributed by atoms with Gasteiger partial charge in [0, 0.05) is 42.8 Å². The summed E-state index contributed by atoms with van der Waals surface area (Å²) in [4.78, 5) is 29.6. The highest BCUT2D eigenvalue weighted by molar-refractivity contribution is 6.36. The van der Waals surface area contributed by atoms with Gasteiger partial charge in [-0.15, -0.1) is 0 Å². The highest BCUT2D eigenvalue weighted by Crippen LogP contribution is 2.45. The fourth-order valence-corrected chi connectivity index (χ4v) is 8.50. The van der Waals surface area contributed by atoms with Crippen LogP contribution < -0.4 is 14.5 Å². The molecule has 0 N–H and O–H groups in total. The van der Waals surface area contributed by atoms with E-state index in [-0.39, 0.29) is 37.2 Å². The lowest BCUT2D eigenvalue weighted by atomic mass is 9.95. The van der Waals surface area contributed by atoms with Gasteiger partial charge in [-0.1, -0.05) is 36.4 Å². The summed E-state index contributed by atoms with van der Waals surface area (Å²) in [6.07, 6.45) is 0.613. The van der Waals surface area contributed by atoms with Crippen molar-refractivity contribution in [3.63, 3.8) is 0 Å². The number of anilines is 2. The summed E-state index contributed by atoms with van der Waals surface area (Å²) in [6, 6.07) is 9.52. The molecule has 1 aromatic heterocycles. The highest BCUT2D eigenvalue weighted by Gasteiger charge is 2.52. The Morgan fingerprint density at radius 2 is 1.98 bits per heavy atom. The van der Waals surface area contributed by atoms with E-state index >= 15 is 0 Å². The van der Waals surface area contributed by atoms with E-state index in [0.29, 0.717) is 62.3 Å². The molecule has 4 aliphatic heterocycles. The van der Waals surface area contributed by atoms with Crippen molar-refractivity contribution in [3.05, 3.63) is 64.8 Å². The molecule has 0 saturated carbocycles. The van der Waals surface area contributed by atoms with Crippen molar-refractivity contribution in [1.29, 1.82) is 5.26 Å². The third-order valence-corrected chi connectivity index (χ3v) is 11.0. The number of ether oxygens (including phenoxy) is 1. The van der Waals surface area contributed by atoms with Crippen molar-refractivity contribution in [2.45, 2.75) is 69.1 Å². The largest absolute Gasteiger partial charge is 0.461 e. The predicted molar refractivity (Wildman–Crippen MR) is 177 cm³/mol. The molecular formula is C35H36ClF4N7O2. The maximum atomic E-state index is 14.6. The fraction of sp³-hybridized carbons (Fsp3) is 0.486. The molecule has 5 heterocycles. The number of amides is 1. The van der Waals surface area contributed by atoms with Gasteiger partial charge in [0.15, 0.2) is 5.83 Å². The van der Waals surface area contributed by atoms with Crippen molar-refractivity contribution < 1.29 is 27.1 Å². The molecule has 1 amide bonds. The van der Waals surface area contributed by atoms with Gasteiger partial charge in [-0.05, 0) is 56.2 Å². The Labute approximate surface area is 286 Å². The molecule has 9 nitrogen and oxygen atoms in total. The molecule has 4 aliphatic rings. The second kappa shape index (κ2) is 13.3. The smallest absolute Gasteiger partial charge is 0.318 e. The number of carbonyl (C=O) groups excluding carboxylic acids is 1. The second-order valence-corrected chi connectivity index (χ2v) is 13.7. The lowest BCUT2D eigenvalue weighted by Crippen LogP contribution is -2.55. The maximum Gasteiger partial charge on any atom is 0.318 e. The van der Waals surface area contributed by atoms with Gasteiger partial charge in [0.2, 0.25) is 0 Å². The molecule has 3 atom stereocenters. The van der Waals surface area contributed by atoms with E-state index in [2.05, 4.69) is 17.5 Å². The van der Waals surface area contributed by atoms with Gasteiger partial charge < -0.3 is 19.4 Å². The van der Waals surface area contributed by atoms with Crippen LogP contribution in [-0.2, 0) is 17.8 Å². The van der Waals surface area contributed by atoms with Crippen LogP contribution in [0, 0.1) is 17.1 Å². The summed E-state index contributed by atoms with van der Waals surface area (Å²) in [5.41, 5.74) is 1.79. The molecule has 0 radical (unpaired) electrons. The molecule has 3 saturated heterocycles. The molecule has 3 fully saturated rings. The first-order valence-corrected chi connectivity index (χ1v) is 16.9. The molecule has 14 heteroatoms. The number of fused-ring (bicyclic) bond motifs is 3. The first-order chi connectivity index (χ1) is 23.6. The van der Waals surface area contributed by atoms with E-state index in [1.165, 1.54) is 11.0 Å². The first-order valence-electron chi connectivity index (χ1n) is 16.6. The predicted octanol–water partition coefficient (Wildman–Crippen LogP) is 6.04. The van der Waals surface area contributed by atoms with Gasteiger partial charge in [0.25, 0.3) is 12.3 Å². The Morgan fingerprint density at radius 3 is 2.76 bits per heavy atom. The van der Waals surface area contributed by atoms with E-state index in [1.54, 1.807) is 6.07 Å². The van der Waals surface area contributed by atoms with E-state index in [4.69, 9.17) is 26.3 Å². The van der Waals surface area contributed by atoms with Gasteiger partial charge in [-0.25, -0.2) is 17.6 Å². The lowest BCUT2D eigenvalue weighted by molar-refractivity contribution is -0.131. The Balaban J connectivity index is 1.23. The van der Waals surface area contributed by atoms with Crippen LogP contribution in [-0.4, -0.2) is 89.1 Å². The summed E-state index contributed by atoms with van der Waals surface area (Å²) in [6.45, 7) is 5.48. The van der Waals surface area contributed by atoms with E-state index < -0.39 is 41.6 Å². The van der Waals surface area contributed by atoms with Crippen molar-refractivity contribution in [1.82, 2.24) is 19.8 Å².